The van der Waals surface area contributed by atoms with Crippen molar-refractivity contribution in [2.45, 2.75) is 58.4 Å². The van der Waals surface area contributed by atoms with E-state index in [1.807, 2.05) is 0 Å². The average Bonchev–Trinajstić information content (AvgIpc) is 3.24. The standard InChI is InChI=1S/C29H34N2/c1-5-6-10-22-13-15-24(16-14-22)28-21-27(23-11-8-7-9-12-23)30-31(28)26-19-17-25(18-20-26)29(2,3)4/h7-9,11-21,28,30H,5-6,10H2,1-4H3. The lowest BCUT2D eigenvalue weighted by atomic mass is 9.87. The van der Waals surface area contributed by atoms with Gasteiger partial charge in [-0.05, 0) is 58.7 Å². The van der Waals surface area contributed by atoms with Crippen LogP contribution in [0, 0.1) is 0 Å². The molecule has 1 heterocycles. The molecular weight excluding hydrogens is 376 g/mol. The van der Waals surface area contributed by atoms with Gasteiger partial charge in [0.1, 0.15) is 0 Å². The molecule has 2 heteroatoms. The summed E-state index contributed by atoms with van der Waals surface area (Å²) < 4.78 is 0. The van der Waals surface area contributed by atoms with Gasteiger partial charge in [-0.3, -0.25) is 10.4 Å². The Morgan fingerprint density at radius 3 is 2.13 bits per heavy atom. The van der Waals surface area contributed by atoms with Crippen molar-refractivity contribution >= 4 is 11.4 Å². The van der Waals surface area contributed by atoms with Crippen LogP contribution < -0.4 is 10.4 Å². The molecule has 160 valence electrons. The third-order valence-electron chi connectivity index (χ3n) is 6.08. The highest BCUT2D eigenvalue weighted by atomic mass is 15.5. The molecule has 0 spiro atoms. The van der Waals surface area contributed by atoms with Gasteiger partial charge in [-0.2, -0.15) is 0 Å². The number of nitrogens with one attached hydrogen (secondary N) is 1. The van der Waals surface area contributed by atoms with Crippen molar-refractivity contribution in [3.63, 3.8) is 0 Å². The van der Waals surface area contributed by atoms with Crippen molar-refractivity contribution in [2.75, 3.05) is 5.01 Å². The van der Waals surface area contributed by atoms with E-state index in [-0.39, 0.29) is 11.5 Å². The molecule has 0 saturated carbocycles. The van der Waals surface area contributed by atoms with E-state index >= 15 is 0 Å². The van der Waals surface area contributed by atoms with Gasteiger partial charge >= 0.3 is 0 Å². The molecular formula is C29H34N2. The van der Waals surface area contributed by atoms with Gasteiger partial charge < -0.3 is 0 Å². The van der Waals surface area contributed by atoms with Gasteiger partial charge in [-0.1, -0.05) is 101 Å². The molecule has 0 amide bonds. The summed E-state index contributed by atoms with van der Waals surface area (Å²) >= 11 is 0. The molecule has 4 rings (SSSR count). The lowest BCUT2D eigenvalue weighted by Crippen LogP contribution is -2.34. The molecule has 0 radical (unpaired) electrons. The molecule has 0 bridgehead atoms. The second-order valence-corrected chi connectivity index (χ2v) is 9.52. The molecule has 1 aliphatic heterocycles. The number of hydrogen-bond donors (Lipinski definition) is 1. The Balaban J connectivity index is 1.66. The summed E-state index contributed by atoms with van der Waals surface area (Å²) in [6.45, 7) is 9.02. The number of rotatable bonds is 6. The minimum Gasteiger partial charge on any atom is -0.297 e. The molecule has 1 unspecified atom stereocenters. The van der Waals surface area contributed by atoms with E-state index in [9.17, 15) is 0 Å². The zero-order chi connectivity index (χ0) is 21.8. The van der Waals surface area contributed by atoms with Crippen LogP contribution in [0.3, 0.4) is 0 Å². The Hall–Kier alpha value is -3.00. The highest BCUT2D eigenvalue weighted by Crippen LogP contribution is 2.36. The maximum atomic E-state index is 3.67. The second kappa shape index (κ2) is 9.01. The first-order chi connectivity index (χ1) is 15.0. The first kappa shape index (κ1) is 21.2. The highest BCUT2D eigenvalue weighted by Gasteiger charge is 2.27. The van der Waals surface area contributed by atoms with Crippen LogP contribution in [0.25, 0.3) is 5.70 Å². The van der Waals surface area contributed by atoms with Gasteiger partial charge in [0.25, 0.3) is 0 Å². The Morgan fingerprint density at radius 2 is 1.52 bits per heavy atom. The number of nitrogens with zero attached hydrogens (tertiary/aromatic N) is 1. The van der Waals surface area contributed by atoms with E-state index in [1.54, 1.807) is 0 Å². The van der Waals surface area contributed by atoms with Gasteiger partial charge in [0.15, 0.2) is 0 Å². The number of anilines is 1. The first-order valence-corrected chi connectivity index (χ1v) is 11.5. The van der Waals surface area contributed by atoms with Gasteiger partial charge in [0.05, 0.1) is 17.4 Å². The second-order valence-electron chi connectivity index (χ2n) is 9.52. The number of hydrogen-bond acceptors (Lipinski definition) is 2. The fraction of sp³-hybridized carbons (Fsp3) is 0.310. The van der Waals surface area contributed by atoms with Crippen molar-refractivity contribution < 1.29 is 0 Å². The lowest BCUT2D eigenvalue weighted by molar-refractivity contribution is 0.590. The minimum atomic E-state index is 0.149. The summed E-state index contributed by atoms with van der Waals surface area (Å²) in [6, 6.07) is 28.9. The molecule has 1 aliphatic rings. The van der Waals surface area contributed by atoms with Crippen molar-refractivity contribution in [2.24, 2.45) is 0 Å². The zero-order valence-corrected chi connectivity index (χ0v) is 19.2. The third-order valence-corrected chi connectivity index (χ3v) is 6.08. The van der Waals surface area contributed by atoms with E-state index < -0.39 is 0 Å². The largest absolute Gasteiger partial charge is 0.297 e. The van der Waals surface area contributed by atoms with Crippen LogP contribution in [-0.4, -0.2) is 0 Å². The van der Waals surface area contributed by atoms with Crippen molar-refractivity contribution in [3.8, 4) is 0 Å². The van der Waals surface area contributed by atoms with Gasteiger partial charge in [-0.15, -0.1) is 0 Å². The molecule has 31 heavy (non-hydrogen) atoms. The highest BCUT2D eigenvalue weighted by molar-refractivity contribution is 5.72. The SMILES string of the molecule is CCCCc1ccc(C2C=C(c3ccccc3)NN2c2ccc(C(C)(C)C)cc2)cc1. The lowest BCUT2D eigenvalue weighted by Gasteiger charge is -2.29. The van der Waals surface area contributed by atoms with E-state index in [0.717, 1.165) is 12.1 Å². The Labute approximate surface area is 187 Å². The molecule has 3 aromatic rings. The molecule has 2 nitrogen and oxygen atoms in total. The maximum absolute atomic E-state index is 3.67. The van der Waals surface area contributed by atoms with Crippen LogP contribution in [0.4, 0.5) is 5.69 Å². The van der Waals surface area contributed by atoms with Crippen LogP contribution in [0.5, 0.6) is 0 Å². The monoisotopic (exact) mass is 410 g/mol. The third kappa shape index (κ3) is 4.85. The van der Waals surface area contributed by atoms with Gasteiger partial charge in [0, 0.05) is 0 Å². The number of unbranched alkanes of at least 4 members (excludes halogenated alkanes) is 1. The van der Waals surface area contributed by atoms with Gasteiger partial charge in [-0.25, -0.2) is 0 Å². The zero-order valence-electron chi connectivity index (χ0n) is 19.2. The van der Waals surface area contributed by atoms with Crippen molar-refractivity contribution in [3.05, 3.63) is 107 Å². The number of aryl methyl sites for hydroxylation is 1. The molecule has 0 fully saturated rings. The normalized spacial score (nSPS) is 16.2. The Morgan fingerprint density at radius 1 is 0.839 bits per heavy atom. The molecule has 3 aromatic carbocycles. The first-order valence-electron chi connectivity index (χ1n) is 11.5. The number of benzene rings is 3. The fourth-order valence-corrected chi connectivity index (χ4v) is 4.10. The van der Waals surface area contributed by atoms with Crippen LogP contribution >= 0.6 is 0 Å². The summed E-state index contributed by atoms with van der Waals surface area (Å²) in [7, 11) is 0. The Bertz CT molecular complexity index is 1010. The van der Waals surface area contributed by atoms with Gasteiger partial charge in [0.2, 0.25) is 0 Å². The van der Waals surface area contributed by atoms with Crippen LogP contribution in [0.15, 0.2) is 84.9 Å². The van der Waals surface area contributed by atoms with E-state index in [4.69, 9.17) is 0 Å². The predicted molar refractivity (Wildman–Crippen MR) is 133 cm³/mol. The smallest absolute Gasteiger partial charge is 0.0958 e. The Kier molecular flexibility index (Phi) is 6.18. The van der Waals surface area contributed by atoms with Crippen molar-refractivity contribution in [1.29, 1.82) is 0 Å². The summed E-state index contributed by atoms with van der Waals surface area (Å²) in [6.07, 6.45) is 5.97. The maximum Gasteiger partial charge on any atom is 0.0958 e. The molecule has 1 N–H and O–H groups in total. The van der Waals surface area contributed by atoms with Crippen LogP contribution in [0.2, 0.25) is 0 Å². The number of hydrazine groups is 1. The molecule has 1 atom stereocenters. The average molecular weight is 411 g/mol. The van der Waals surface area contributed by atoms with E-state index in [1.165, 1.54) is 40.8 Å². The van der Waals surface area contributed by atoms with Crippen LogP contribution in [-0.2, 0) is 11.8 Å². The summed E-state index contributed by atoms with van der Waals surface area (Å²) in [5.41, 5.74) is 11.4. The van der Waals surface area contributed by atoms with E-state index in [0.29, 0.717) is 0 Å². The van der Waals surface area contributed by atoms with E-state index in [2.05, 4.69) is 123 Å². The minimum absolute atomic E-state index is 0.149. The quantitative estimate of drug-likeness (QED) is 0.454. The topological polar surface area (TPSA) is 15.3 Å². The van der Waals surface area contributed by atoms with Crippen molar-refractivity contribution in [1.82, 2.24) is 5.43 Å². The summed E-state index contributed by atoms with van der Waals surface area (Å²) in [4.78, 5) is 0. The predicted octanol–water partition coefficient (Wildman–Crippen LogP) is 7.43. The molecule has 0 aromatic heterocycles. The molecule has 0 aliphatic carbocycles. The summed E-state index contributed by atoms with van der Waals surface area (Å²) in [5, 5.41) is 2.29. The van der Waals surface area contributed by atoms with Crippen LogP contribution in [0.1, 0.15) is 68.8 Å². The fourth-order valence-electron chi connectivity index (χ4n) is 4.10. The summed E-state index contributed by atoms with van der Waals surface area (Å²) in [5.74, 6) is 0. The molecule has 0 saturated heterocycles.